The van der Waals surface area contributed by atoms with Crippen LogP contribution in [0.4, 0.5) is 4.79 Å². The van der Waals surface area contributed by atoms with Crippen molar-refractivity contribution in [1.82, 2.24) is 10.2 Å². The molecule has 2 saturated carbocycles. The molecule has 3 aliphatic rings. The first-order valence-corrected chi connectivity index (χ1v) is 8.49. The van der Waals surface area contributed by atoms with Crippen molar-refractivity contribution in [3.05, 3.63) is 0 Å². The number of ether oxygens (including phenoxy) is 1. The van der Waals surface area contributed by atoms with Crippen molar-refractivity contribution in [2.45, 2.75) is 82.5 Å². The fourth-order valence-corrected chi connectivity index (χ4v) is 3.67. The molecule has 0 atom stereocenters. The normalized spacial score (nSPS) is 32.1. The van der Waals surface area contributed by atoms with Gasteiger partial charge in [-0.25, -0.2) is 4.79 Å². The quantitative estimate of drug-likeness (QED) is 0.814. The maximum atomic E-state index is 11.6. The molecule has 1 heterocycles. The van der Waals surface area contributed by atoms with Crippen molar-refractivity contribution >= 4 is 11.9 Å². The SMILES string of the molecule is O=C1CNC(=O)N1C1CC(OC2CCCCCCCC2)C1. The van der Waals surface area contributed by atoms with E-state index in [9.17, 15) is 9.59 Å². The van der Waals surface area contributed by atoms with Crippen LogP contribution in [0.25, 0.3) is 0 Å². The van der Waals surface area contributed by atoms with Crippen LogP contribution in [0, 0.1) is 0 Å². The third kappa shape index (κ3) is 3.57. The maximum absolute atomic E-state index is 11.6. The lowest BCUT2D eigenvalue weighted by Gasteiger charge is -2.40. The minimum Gasteiger partial charge on any atom is -0.375 e. The number of nitrogens with one attached hydrogen (secondary N) is 1. The van der Waals surface area contributed by atoms with E-state index < -0.39 is 0 Å². The van der Waals surface area contributed by atoms with Gasteiger partial charge < -0.3 is 10.1 Å². The Morgan fingerprint density at radius 2 is 1.52 bits per heavy atom. The van der Waals surface area contributed by atoms with E-state index in [0.717, 1.165) is 12.8 Å². The highest BCUT2D eigenvalue weighted by atomic mass is 16.5. The zero-order valence-corrected chi connectivity index (χ0v) is 12.7. The summed E-state index contributed by atoms with van der Waals surface area (Å²) in [6, 6.07) is -0.174. The monoisotopic (exact) mass is 294 g/mol. The van der Waals surface area contributed by atoms with E-state index in [2.05, 4.69) is 5.32 Å². The van der Waals surface area contributed by atoms with Crippen LogP contribution in [-0.2, 0) is 9.53 Å². The molecular formula is C16H26N2O3. The van der Waals surface area contributed by atoms with Crippen molar-refractivity contribution in [2.24, 2.45) is 0 Å². The van der Waals surface area contributed by atoms with Crippen molar-refractivity contribution in [2.75, 3.05) is 6.54 Å². The molecule has 0 radical (unpaired) electrons. The summed E-state index contributed by atoms with van der Waals surface area (Å²) in [5, 5.41) is 2.58. The van der Waals surface area contributed by atoms with Crippen molar-refractivity contribution in [3.63, 3.8) is 0 Å². The Morgan fingerprint density at radius 1 is 0.905 bits per heavy atom. The third-order valence-corrected chi connectivity index (χ3v) is 5.00. The second-order valence-electron chi connectivity index (χ2n) is 6.63. The Bertz CT molecular complexity index is 367. The molecule has 3 fully saturated rings. The van der Waals surface area contributed by atoms with Gasteiger partial charge in [-0.3, -0.25) is 9.69 Å². The van der Waals surface area contributed by atoms with Crippen LogP contribution in [-0.4, -0.2) is 41.6 Å². The first-order valence-electron chi connectivity index (χ1n) is 8.49. The minimum atomic E-state index is -0.231. The molecule has 3 amide bonds. The summed E-state index contributed by atoms with van der Waals surface area (Å²) in [5.41, 5.74) is 0. The lowest BCUT2D eigenvalue weighted by atomic mass is 9.87. The number of carbonyl (C=O) groups excluding carboxylic acids is 2. The summed E-state index contributed by atoms with van der Waals surface area (Å²) in [6.07, 6.45) is 12.5. The summed E-state index contributed by atoms with van der Waals surface area (Å²) < 4.78 is 6.21. The molecule has 3 rings (SSSR count). The van der Waals surface area contributed by atoms with Gasteiger partial charge in [-0.2, -0.15) is 0 Å². The number of hydrogen-bond donors (Lipinski definition) is 1. The average Bonchev–Trinajstić information content (AvgIpc) is 2.81. The van der Waals surface area contributed by atoms with Crippen LogP contribution in [0.1, 0.15) is 64.2 Å². The number of imide groups is 1. The van der Waals surface area contributed by atoms with Crippen LogP contribution in [0.15, 0.2) is 0 Å². The molecule has 2 aliphatic carbocycles. The van der Waals surface area contributed by atoms with Crippen LogP contribution < -0.4 is 5.32 Å². The highest BCUT2D eigenvalue weighted by molar-refractivity contribution is 6.02. The summed E-state index contributed by atoms with van der Waals surface area (Å²) in [6.45, 7) is 0.156. The fourth-order valence-electron chi connectivity index (χ4n) is 3.67. The number of rotatable bonds is 3. The standard InChI is InChI=1S/C16H26N2O3/c19-15-11-17-16(20)18(15)12-9-14(10-12)21-13-7-5-3-1-2-4-6-8-13/h12-14H,1-11H2,(H,17,20). The van der Waals surface area contributed by atoms with E-state index in [0.29, 0.717) is 6.10 Å². The van der Waals surface area contributed by atoms with E-state index in [1.165, 1.54) is 56.3 Å². The van der Waals surface area contributed by atoms with Gasteiger partial charge in [-0.05, 0) is 25.7 Å². The largest absolute Gasteiger partial charge is 0.375 e. The molecule has 0 unspecified atom stereocenters. The van der Waals surface area contributed by atoms with Crippen LogP contribution >= 0.6 is 0 Å². The van der Waals surface area contributed by atoms with Gasteiger partial charge >= 0.3 is 6.03 Å². The summed E-state index contributed by atoms with van der Waals surface area (Å²) in [4.78, 5) is 24.6. The lowest BCUT2D eigenvalue weighted by molar-refractivity contribution is -0.133. The molecule has 0 aromatic carbocycles. The summed E-state index contributed by atoms with van der Waals surface area (Å²) in [5.74, 6) is -0.0918. The average molecular weight is 294 g/mol. The topological polar surface area (TPSA) is 58.6 Å². The molecule has 118 valence electrons. The molecule has 0 aromatic rings. The van der Waals surface area contributed by atoms with Crippen molar-refractivity contribution in [1.29, 1.82) is 0 Å². The number of nitrogens with zero attached hydrogens (tertiary/aromatic N) is 1. The second kappa shape index (κ2) is 6.77. The molecule has 1 N–H and O–H groups in total. The number of carbonyl (C=O) groups is 2. The Kier molecular flexibility index (Phi) is 4.78. The van der Waals surface area contributed by atoms with Gasteiger partial charge in [-0.15, -0.1) is 0 Å². The Morgan fingerprint density at radius 3 is 2.10 bits per heavy atom. The third-order valence-electron chi connectivity index (χ3n) is 5.00. The molecule has 5 heteroatoms. The van der Waals surface area contributed by atoms with Gasteiger partial charge in [0.1, 0.15) is 0 Å². The number of urea groups is 1. The van der Waals surface area contributed by atoms with E-state index in [-0.39, 0.29) is 30.6 Å². The van der Waals surface area contributed by atoms with Gasteiger partial charge in [0.15, 0.2) is 0 Å². The zero-order valence-electron chi connectivity index (χ0n) is 12.7. The van der Waals surface area contributed by atoms with Crippen LogP contribution in [0.3, 0.4) is 0 Å². The zero-order chi connectivity index (χ0) is 14.7. The molecule has 0 aromatic heterocycles. The first-order chi connectivity index (χ1) is 10.2. The summed E-state index contributed by atoms with van der Waals surface area (Å²) in [7, 11) is 0. The fraction of sp³-hybridized carbons (Fsp3) is 0.875. The van der Waals surface area contributed by atoms with E-state index in [4.69, 9.17) is 4.74 Å². The lowest BCUT2D eigenvalue weighted by Crippen LogP contribution is -2.51. The van der Waals surface area contributed by atoms with E-state index in [1.54, 1.807) is 0 Å². The molecular weight excluding hydrogens is 268 g/mol. The summed E-state index contributed by atoms with van der Waals surface area (Å²) >= 11 is 0. The molecule has 21 heavy (non-hydrogen) atoms. The first kappa shape index (κ1) is 14.8. The van der Waals surface area contributed by atoms with Gasteiger partial charge in [0.25, 0.3) is 0 Å². The minimum absolute atomic E-state index is 0.0568. The molecule has 1 aliphatic heterocycles. The smallest absolute Gasteiger partial charge is 0.324 e. The number of amides is 3. The van der Waals surface area contributed by atoms with Crippen molar-refractivity contribution < 1.29 is 14.3 Å². The molecule has 1 saturated heterocycles. The Balaban J connectivity index is 1.43. The Labute approximate surface area is 126 Å². The number of hydrogen-bond acceptors (Lipinski definition) is 3. The van der Waals surface area contributed by atoms with Gasteiger partial charge in [-0.1, -0.05) is 38.5 Å². The highest BCUT2D eigenvalue weighted by Gasteiger charge is 2.43. The molecule has 0 bridgehead atoms. The van der Waals surface area contributed by atoms with Gasteiger partial charge in [0, 0.05) is 6.04 Å². The van der Waals surface area contributed by atoms with Gasteiger partial charge in [0.2, 0.25) is 5.91 Å². The predicted molar refractivity (Wildman–Crippen MR) is 78.9 cm³/mol. The maximum Gasteiger partial charge on any atom is 0.324 e. The van der Waals surface area contributed by atoms with Crippen LogP contribution in [0.5, 0.6) is 0 Å². The van der Waals surface area contributed by atoms with Gasteiger partial charge in [0.05, 0.1) is 18.8 Å². The highest BCUT2D eigenvalue weighted by Crippen LogP contribution is 2.32. The molecule has 5 nitrogen and oxygen atoms in total. The second-order valence-corrected chi connectivity index (χ2v) is 6.63. The Hall–Kier alpha value is -1.10. The van der Waals surface area contributed by atoms with E-state index >= 15 is 0 Å². The predicted octanol–water partition coefficient (Wildman–Crippen LogP) is 2.59. The van der Waals surface area contributed by atoms with Crippen molar-refractivity contribution in [3.8, 4) is 0 Å². The van der Waals surface area contributed by atoms with Crippen LogP contribution in [0.2, 0.25) is 0 Å². The van der Waals surface area contributed by atoms with E-state index in [1.807, 2.05) is 0 Å². The molecule has 0 spiro atoms.